The van der Waals surface area contributed by atoms with Crippen molar-refractivity contribution < 1.29 is 18.7 Å². The van der Waals surface area contributed by atoms with Crippen molar-refractivity contribution in [1.29, 1.82) is 0 Å². The van der Waals surface area contributed by atoms with E-state index in [0.717, 1.165) is 22.7 Å². The van der Waals surface area contributed by atoms with E-state index >= 15 is 0 Å². The lowest BCUT2D eigenvalue weighted by molar-refractivity contribution is 0.0996. The van der Waals surface area contributed by atoms with E-state index in [1.54, 1.807) is 13.8 Å². The van der Waals surface area contributed by atoms with Crippen LogP contribution in [-0.4, -0.2) is 22.9 Å². The van der Waals surface area contributed by atoms with Gasteiger partial charge in [-0.1, -0.05) is 12.1 Å². The summed E-state index contributed by atoms with van der Waals surface area (Å²) in [5.41, 5.74) is 7.19. The molecule has 0 aliphatic rings. The number of urea groups is 1. The molecular formula is C17H19FN4O3S. The molecule has 138 valence electrons. The minimum absolute atomic E-state index is 0.0547. The van der Waals surface area contributed by atoms with Gasteiger partial charge in [0.25, 0.3) is 5.91 Å². The van der Waals surface area contributed by atoms with E-state index in [1.807, 2.05) is 6.07 Å². The monoisotopic (exact) mass is 378 g/mol. The van der Waals surface area contributed by atoms with Crippen molar-refractivity contribution >= 4 is 28.5 Å². The third-order valence-electron chi connectivity index (χ3n) is 3.46. The van der Waals surface area contributed by atoms with Crippen LogP contribution in [0.15, 0.2) is 24.8 Å². The zero-order chi connectivity index (χ0) is 19.3. The van der Waals surface area contributed by atoms with Gasteiger partial charge in [-0.15, -0.1) is 6.58 Å². The molecule has 3 amide bonds. The van der Waals surface area contributed by atoms with E-state index in [0.29, 0.717) is 5.56 Å². The second-order valence-electron chi connectivity index (χ2n) is 5.51. The molecule has 0 atom stereocenters. The SMILES string of the molecule is C=CCNC(=O)Nc1snc(OCc2c(C)cc(C)cc2F)c1C(N)=O. The van der Waals surface area contributed by atoms with Crippen LogP contribution in [0.4, 0.5) is 14.2 Å². The highest BCUT2D eigenvalue weighted by atomic mass is 32.1. The third-order valence-corrected chi connectivity index (χ3v) is 4.20. The highest BCUT2D eigenvalue weighted by Gasteiger charge is 2.22. The summed E-state index contributed by atoms with van der Waals surface area (Å²) in [5.74, 6) is -1.27. The molecule has 1 aromatic carbocycles. The second-order valence-corrected chi connectivity index (χ2v) is 6.28. The summed E-state index contributed by atoms with van der Waals surface area (Å²) in [5, 5.41) is 5.13. The van der Waals surface area contributed by atoms with Crippen molar-refractivity contribution in [2.45, 2.75) is 20.5 Å². The van der Waals surface area contributed by atoms with E-state index in [-0.39, 0.29) is 29.6 Å². The molecule has 1 heterocycles. The number of carbonyl (C=O) groups excluding carboxylic acids is 2. The van der Waals surface area contributed by atoms with Crippen molar-refractivity contribution in [3.8, 4) is 5.88 Å². The van der Waals surface area contributed by atoms with Crippen LogP contribution in [0.25, 0.3) is 0 Å². The van der Waals surface area contributed by atoms with Crippen LogP contribution >= 0.6 is 11.5 Å². The number of aryl methyl sites for hydroxylation is 2. The average molecular weight is 378 g/mol. The zero-order valence-corrected chi connectivity index (χ0v) is 15.2. The average Bonchev–Trinajstić information content (AvgIpc) is 2.94. The fourth-order valence-corrected chi connectivity index (χ4v) is 2.99. The Morgan fingerprint density at radius 1 is 1.42 bits per heavy atom. The summed E-state index contributed by atoms with van der Waals surface area (Å²) in [6.07, 6.45) is 1.51. The molecule has 7 nitrogen and oxygen atoms in total. The van der Waals surface area contributed by atoms with E-state index in [4.69, 9.17) is 10.5 Å². The van der Waals surface area contributed by atoms with Crippen LogP contribution in [-0.2, 0) is 6.61 Å². The number of halogens is 1. The van der Waals surface area contributed by atoms with Gasteiger partial charge in [0.2, 0.25) is 5.88 Å². The number of primary amides is 1. The molecule has 0 unspecified atom stereocenters. The minimum atomic E-state index is -0.811. The Balaban J connectivity index is 2.19. The first-order valence-corrected chi connectivity index (χ1v) is 8.44. The Labute approximate surface area is 154 Å². The predicted molar refractivity (Wildman–Crippen MR) is 98.1 cm³/mol. The molecule has 4 N–H and O–H groups in total. The van der Waals surface area contributed by atoms with Gasteiger partial charge >= 0.3 is 6.03 Å². The maximum atomic E-state index is 14.1. The smallest absolute Gasteiger partial charge is 0.320 e. The molecule has 0 aliphatic carbocycles. The molecule has 2 rings (SSSR count). The first-order chi connectivity index (χ1) is 12.3. The number of hydrogen-bond acceptors (Lipinski definition) is 5. The largest absolute Gasteiger partial charge is 0.471 e. The second kappa shape index (κ2) is 8.43. The van der Waals surface area contributed by atoms with Gasteiger partial charge in [-0.05, 0) is 42.6 Å². The number of nitrogens with one attached hydrogen (secondary N) is 2. The van der Waals surface area contributed by atoms with Gasteiger partial charge in [-0.3, -0.25) is 10.1 Å². The molecule has 0 saturated heterocycles. The lowest BCUT2D eigenvalue weighted by Crippen LogP contribution is -2.29. The first kappa shape index (κ1) is 19.4. The topological polar surface area (TPSA) is 106 Å². The van der Waals surface area contributed by atoms with Gasteiger partial charge in [-0.2, -0.15) is 4.37 Å². The maximum Gasteiger partial charge on any atom is 0.320 e. The predicted octanol–water partition coefficient (Wildman–Crippen LogP) is 2.88. The van der Waals surface area contributed by atoms with Crippen LogP contribution in [0.2, 0.25) is 0 Å². The van der Waals surface area contributed by atoms with Gasteiger partial charge in [-0.25, -0.2) is 9.18 Å². The molecule has 0 aliphatic heterocycles. The van der Waals surface area contributed by atoms with E-state index in [9.17, 15) is 14.0 Å². The summed E-state index contributed by atoms with van der Waals surface area (Å²) in [6.45, 7) is 7.18. The molecule has 1 aromatic heterocycles. The van der Waals surface area contributed by atoms with Crippen LogP contribution in [0.3, 0.4) is 0 Å². The fraction of sp³-hybridized carbons (Fsp3) is 0.235. The van der Waals surface area contributed by atoms with Crippen molar-refractivity contribution in [1.82, 2.24) is 9.69 Å². The van der Waals surface area contributed by atoms with Gasteiger partial charge < -0.3 is 15.8 Å². The quantitative estimate of drug-likeness (QED) is 0.644. The molecule has 26 heavy (non-hydrogen) atoms. The lowest BCUT2D eigenvalue weighted by atomic mass is 10.1. The molecular weight excluding hydrogens is 359 g/mol. The third kappa shape index (κ3) is 4.57. The highest BCUT2D eigenvalue weighted by molar-refractivity contribution is 7.11. The molecule has 0 radical (unpaired) electrons. The van der Waals surface area contributed by atoms with Gasteiger partial charge in [0.1, 0.15) is 23.0 Å². The summed E-state index contributed by atoms with van der Waals surface area (Å²) >= 11 is 0.845. The van der Waals surface area contributed by atoms with E-state index in [2.05, 4.69) is 21.6 Å². The van der Waals surface area contributed by atoms with Gasteiger partial charge in [0.05, 0.1) is 0 Å². The standard InChI is InChI=1S/C17H19FN4O3S/c1-4-5-20-17(24)21-16-13(14(19)23)15(22-26-16)25-8-11-10(3)6-9(2)7-12(11)18/h4,6-7H,1,5,8H2,2-3H3,(H2,19,23)(H2,20,21,24). The summed E-state index contributed by atoms with van der Waals surface area (Å²) in [7, 11) is 0. The zero-order valence-electron chi connectivity index (χ0n) is 14.4. The fourth-order valence-electron chi connectivity index (χ4n) is 2.26. The number of nitrogens with zero attached hydrogens (tertiary/aromatic N) is 1. The van der Waals surface area contributed by atoms with E-state index in [1.165, 1.54) is 12.1 Å². The Bertz CT molecular complexity index is 828. The number of ether oxygens (including phenoxy) is 1. The number of anilines is 1. The van der Waals surface area contributed by atoms with Gasteiger partial charge in [0, 0.05) is 12.1 Å². The summed E-state index contributed by atoms with van der Waals surface area (Å²) in [6, 6.07) is 2.69. The van der Waals surface area contributed by atoms with Crippen molar-refractivity contribution in [2.24, 2.45) is 5.73 Å². The Kier molecular flexibility index (Phi) is 6.29. The number of rotatable bonds is 7. The van der Waals surface area contributed by atoms with Crippen LogP contribution < -0.4 is 21.1 Å². The minimum Gasteiger partial charge on any atom is -0.471 e. The molecule has 0 fully saturated rings. The Morgan fingerprint density at radius 2 is 2.15 bits per heavy atom. The molecule has 0 spiro atoms. The van der Waals surface area contributed by atoms with Gasteiger partial charge in [0.15, 0.2) is 0 Å². The first-order valence-electron chi connectivity index (χ1n) is 7.67. The number of amides is 3. The molecule has 0 saturated carbocycles. The summed E-state index contributed by atoms with van der Waals surface area (Å²) < 4.78 is 23.6. The van der Waals surface area contributed by atoms with Crippen LogP contribution in [0.5, 0.6) is 5.88 Å². The number of nitrogens with two attached hydrogens (primary N) is 1. The van der Waals surface area contributed by atoms with Crippen LogP contribution in [0, 0.1) is 19.7 Å². The van der Waals surface area contributed by atoms with Crippen molar-refractivity contribution in [3.05, 3.63) is 52.9 Å². The maximum absolute atomic E-state index is 14.1. The normalized spacial score (nSPS) is 10.3. The van der Waals surface area contributed by atoms with E-state index < -0.39 is 17.8 Å². The number of benzene rings is 1. The molecule has 0 bridgehead atoms. The van der Waals surface area contributed by atoms with Crippen LogP contribution in [0.1, 0.15) is 27.0 Å². The van der Waals surface area contributed by atoms with Crippen molar-refractivity contribution in [2.75, 3.05) is 11.9 Å². The lowest BCUT2D eigenvalue weighted by Gasteiger charge is -2.10. The summed E-state index contributed by atoms with van der Waals surface area (Å²) in [4.78, 5) is 23.5. The Morgan fingerprint density at radius 3 is 2.77 bits per heavy atom. The highest BCUT2D eigenvalue weighted by Crippen LogP contribution is 2.31. The number of aromatic nitrogens is 1. The van der Waals surface area contributed by atoms with Crippen molar-refractivity contribution in [3.63, 3.8) is 0 Å². The number of hydrogen-bond donors (Lipinski definition) is 3. The molecule has 9 heteroatoms. The molecule has 2 aromatic rings. The number of carbonyl (C=O) groups is 2. The Hall–Kier alpha value is -2.94.